The van der Waals surface area contributed by atoms with Crippen LogP contribution in [0.1, 0.15) is 27.2 Å². The van der Waals surface area contributed by atoms with Crippen LogP contribution < -0.4 is 0 Å². The molecule has 3 fully saturated rings. The molecule has 0 saturated carbocycles. The van der Waals surface area contributed by atoms with Crippen molar-refractivity contribution >= 4 is 5.84 Å². The SMILES string of the molecule is C=C(/C=C\C(=NC)N(C)C)CN1C2CC1CN(C(C)(C)C)C2. The number of piperazine rings is 1. The third kappa shape index (κ3) is 3.79. The third-order valence-corrected chi connectivity index (χ3v) is 4.83. The zero-order chi connectivity index (χ0) is 16.5. The molecular formula is C18H32N4. The maximum atomic E-state index is 4.26. The summed E-state index contributed by atoms with van der Waals surface area (Å²) in [7, 11) is 5.84. The lowest BCUT2D eigenvalue weighted by atomic mass is 9.84. The number of likely N-dealkylation sites (N-methyl/N-ethyl adjacent to an activating group) is 1. The van der Waals surface area contributed by atoms with Crippen LogP contribution in [0.3, 0.4) is 0 Å². The first kappa shape index (κ1) is 17.2. The standard InChI is InChI=1S/C18H32N4/c1-14(8-9-17(19-5)20(6)7)11-22-15-10-16(22)13-21(12-15)18(2,3)4/h8-9,15-16H,1,10-13H2,2-7H3/b9-8-,19-17?. The van der Waals surface area contributed by atoms with Gasteiger partial charge in [0, 0.05) is 58.4 Å². The van der Waals surface area contributed by atoms with Gasteiger partial charge in [-0.2, -0.15) is 0 Å². The highest BCUT2D eigenvalue weighted by Gasteiger charge is 2.46. The van der Waals surface area contributed by atoms with E-state index in [1.165, 1.54) is 25.1 Å². The van der Waals surface area contributed by atoms with Crippen molar-refractivity contribution in [3.8, 4) is 0 Å². The van der Waals surface area contributed by atoms with Crippen molar-refractivity contribution in [3.63, 3.8) is 0 Å². The van der Waals surface area contributed by atoms with E-state index < -0.39 is 0 Å². The highest BCUT2D eigenvalue weighted by Crippen LogP contribution is 2.35. The number of nitrogens with zero attached hydrogens (tertiary/aromatic N) is 4. The summed E-state index contributed by atoms with van der Waals surface area (Å²) in [6, 6.07) is 1.41. The van der Waals surface area contributed by atoms with Gasteiger partial charge in [0.1, 0.15) is 5.84 Å². The van der Waals surface area contributed by atoms with Gasteiger partial charge in [-0.15, -0.1) is 0 Å². The van der Waals surface area contributed by atoms with Crippen LogP contribution in [0.5, 0.6) is 0 Å². The van der Waals surface area contributed by atoms with E-state index in [9.17, 15) is 0 Å². The van der Waals surface area contributed by atoms with Crippen LogP contribution in [0, 0.1) is 0 Å². The van der Waals surface area contributed by atoms with E-state index in [-0.39, 0.29) is 5.54 Å². The van der Waals surface area contributed by atoms with Crippen molar-refractivity contribution in [2.45, 2.75) is 44.8 Å². The summed E-state index contributed by atoms with van der Waals surface area (Å²) in [5.41, 5.74) is 1.46. The second-order valence-corrected chi connectivity index (χ2v) is 7.76. The first-order valence-corrected chi connectivity index (χ1v) is 8.23. The van der Waals surface area contributed by atoms with Gasteiger partial charge in [0.05, 0.1) is 0 Å². The van der Waals surface area contributed by atoms with Crippen LogP contribution in [0.2, 0.25) is 0 Å². The van der Waals surface area contributed by atoms with Gasteiger partial charge in [0.2, 0.25) is 0 Å². The molecule has 0 amide bonds. The monoisotopic (exact) mass is 304 g/mol. The van der Waals surface area contributed by atoms with Crippen LogP contribution in [0.4, 0.5) is 0 Å². The number of fused-ring (bicyclic) bond motifs is 2. The average molecular weight is 304 g/mol. The molecule has 124 valence electrons. The average Bonchev–Trinajstić information content (AvgIpc) is 2.44. The van der Waals surface area contributed by atoms with Gasteiger partial charge in [-0.25, -0.2) is 0 Å². The van der Waals surface area contributed by atoms with Crippen molar-refractivity contribution < 1.29 is 0 Å². The van der Waals surface area contributed by atoms with E-state index >= 15 is 0 Å². The van der Waals surface area contributed by atoms with Gasteiger partial charge in [-0.3, -0.25) is 14.8 Å². The Morgan fingerprint density at radius 2 is 1.82 bits per heavy atom. The molecule has 3 aliphatic rings. The maximum Gasteiger partial charge on any atom is 0.122 e. The third-order valence-electron chi connectivity index (χ3n) is 4.83. The molecule has 3 saturated heterocycles. The Morgan fingerprint density at radius 1 is 1.23 bits per heavy atom. The molecule has 22 heavy (non-hydrogen) atoms. The van der Waals surface area contributed by atoms with Crippen LogP contribution in [-0.2, 0) is 0 Å². The fourth-order valence-electron chi connectivity index (χ4n) is 3.40. The smallest absolute Gasteiger partial charge is 0.122 e. The molecule has 3 aliphatic heterocycles. The van der Waals surface area contributed by atoms with Crippen LogP contribution in [0.15, 0.2) is 29.3 Å². The topological polar surface area (TPSA) is 22.1 Å². The highest BCUT2D eigenvalue weighted by molar-refractivity contribution is 5.92. The molecule has 3 heterocycles. The van der Waals surface area contributed by atoms with Crippen molar-refractivity contribution in [3.05, 3.63) is 24.3 Å². The summed E-state index contributed by atoms with van der Waals surface area (Å²) in [4.78, 5) is 11.5. The molecule has 0 radical (unpaired) electrons. The summed E-state index contributed by atoms with van der Waals surface area (Å²) < 4.78 is 0. The Morgan fingerprint density at radius 3 is 2.27 bits per heavy atom. The number of amidine groups is 1. The molecule has 4 heteroatoms. The number of hydrogen-bond donors (Lipinski definition) is 0. The van der Waals surface area contributed by atoms with Crippen LogP contribution >= 0.6 is 0 Å². The minimum atomic E-state index is 0.290. The lowest BCUT2D eigenvalue weighted by Crippen LogP contribution is -2.71. The zero-order valence-electron chi connectivity index (χ0n) is 15.1. The number of rotatable bonds is 4. The van der Waals surface area contributed by atoms with E-state index in [1.807, 2.05) is 26.0 Å². The lowest BCUT2D eigenvalue weighted by molar-refractivity contribution is -0.0892. The lowest BCUT2D eigenvalue weighted by Gasteiger charge is -2.59. The predicted octanol–water partition coefficient (Wildman–Crippen LogP) is 2.25. The molecule has 0 aromatic rings. The van der Waals surface area contributed by atoms with E-state index in [2.05, 4.69) is 54.3 Å². The van der Waals surface area contributed by atoms with Gasteiger partial charge < -0.3 is 4.90 Å². The minimum absolute atomic E-state index is 0.290. The first-order chi connectivity index (χ1) is 10.2. The predicted molar refractivity (Wildman–Crippen MR) is 95.6 cm³/mol. The van der Waals surface area contributed by atoms with Gasteiger partial charge in [-0.05, 0) is 38.8 Å². The molecule has 0 spiro atoms. The molecular weight excluding hydrogens is 272 g/mol. The Balaban J connectivity index is 1.87. The maximum absolute atomic E-state index is 4.26. The molecule has 2 atom stereocenters. The fraction of sp³-hybridized carbons (Fsp3) is 0.722. The van der Waals surface area contributed by atoms with Gasteiger partial charge >= 0.3 is 0 Å². The van der Waals surface area contributed by atoms with E-state index in [4.69, 9.17) is 0 Å². The quantitative estimate of drug-likeness (QED) is 0.452. The van der Waals surface area contributed by atoms with E-state index in [0.717, 1.165) is 12.4 Å². The summed E-state index contributed by atoms with van der Waals surface area (Å²) in [5.74, 6) is 0.976. The Hall–Kier alpha value is -1.13. The normalized spacial score (nSPS) is 27.1. The number of piperidine rings is 1. The minimum Gasteiger partial charge on any atom is -0.363 e. The molecule has 0 aliphatic carbocycles. The van der Waals surface area contributed by atoms with Gasteiger partial charge in [0.15, 0.2) is 0 Å². The molecule has 2 unspecified atom stereocenters. The molecule has 0 N–H and O–H groups in total. The Labute approximate surface area is 136 Å². The first-order valence-electron chi connectivity index (χ1n) is 8.23. The summed E-state index contributed by atoms with van der Waals surface area (Å²) in [5, 5.41) is 0. The van der Waals surface area contributed by atoms with E-state index in [0.29, 0.717) is 12.1 Å². The Bertz CT molecular complexity index is 458. The second kappa shape index (κ2) is 6.55. The number of hydrogen-bond acceptors (Lipinski definition) is 3. The molecule has 0 aromatic heterocycles. The summed E-state index contributed by atoms with van der Waals surface area (Å²) in [6.45, 7) is 14.5. The fourth-order valence-corrected chi connectivity index (χ4v) is 3.40. The van der Waals surface area contributed by atoms with Crippen LogP contribution in [-0.4, -0.2) is 78.9 Å². The summed E-state index contributed by atoms with van der Waals surface area (Å²) in [6.07, 6.45) is 5.51. The van der Waals surface area contributed by atoms with Crippen molar-refractivity contribution in [1.29, 1.82) is 0 Å². The van der Waals surface area contributed by atoms with Gasteiger partial charge in [0.25, 0.3) is 0 Å². The number of aliphatic imine (C=N–C) groups is 1. The zero-order valence-corrected chi connectivity index (χ0v) is 15.1. The molecule has 4 nitrogen and oxygen atoms in total. The summed E-state index contributed by atoms with van der Waals surface area (Å²) >= 11 is 0. The van der Waals surface area contributed by atoms with Gasteiger partial charge in [-0.1, -0.05) is 12.7 Å². The molecule has 0 aromatic carbocycles. The molecule has 2 bridgehead atoms. The van der Waals surface area contributed by atoms with Crippen molar-refractivity contribution in [1.82, 2.24) is 14.7 Å². The Kier molecular flexibility index (Phi) is 5.13. The van der Waals surface area contributed by atoms with Crippen molar-refractivity contribution in [2.24, 2.45) is 4.99 Å². The second-order valence-electron chi connectivity index (χ2n) is 7.76. The van der Waals surface area contributed by atoms with E-state index in [1.54, 1.807) is 0 Å². The highest BCUT2D eigenvalue weighted by atomic mass is 15.4. The largest absolute Gasteiger partial charge is 0.363 e. The molecule has 3 rings (SSSR count). The van der Waals surface area contributed by atoms with Crippen LogP contribution in [0.25, 0.3) is 0 Å². The van der Waals surface area contributed by atoms with Crippen molar-refractivity contribution in [2.75, 3.05) is 40.8 Å².